The predicted octanol–water partition coefficient (Wildman–Crippen LogP) is 5.43. The minimum atomic E-state index is -1.14. The zero-order valence-electron chi connectivity index (χ0n) is 15.7. The third-order valence-electron chi connectivity index (χ3n) is 5.91. The highest BCUT2D eigenvalue weighted by atomic mass is 16.5. The fourth-order valence-corrected chi connectivity index (χ4v) is 4.68. The summed E-state index contributed by atoms with van der Waals surface area (Å²) in [6.07, 6.45) is 1.20. The van der Waals surface area contributed by atoms with Gasteiger partial charge in [0.25, 0.3) is 0 Å². The monoisotopic (exact) mass is 393 g/mol. The van der Waals surface area contributed by atoms with Gasteiger partial charge in [-0.25, -0.2) is 9.59 Å². The normalized spacial score (nSPS) is 15.6. The lowest BCUT2D eigenvalue weighted by Gasteiger charge is -2.13. The van der Waals surface area contributed by atoms with E-state index in [0.29, 0.717) is 5.56 Å². The summed E-state index contributed by atoms with van der Waals surface area (Å²) in [5.74, 6) is -1.74. The minimum absolute atomic E-state index is 0.0323. The zero-order chi connectivity index (χ0) is 20.4. The summed E-state index contributed by atoms with van der Waals surface area (Å²) in [4.78, 5) is 27.6. The lowest BCUT2D eigenvalue weighted by Crippen LogP contribution is -2.05. The molecule has 1 aliphatic rings. The van der Waals surface area contributed by atoms with E-state index in [-0.39, 0.29) is 11.1 Å². The van der Waals surface area contributed by atoms with Crippen LogP contribution < -0.4 is 0 Å². The van der Waals surface area contributed by atoms with Crippen LogP contribution in [0.4, 0.5) is 0 Å². The van der Waals surface area contributed by atoms with E-state index in [9.17, 15) is 14.7 Å². The molecule has 2 heterocycles. The van der Waals surface area contributed by atoms with Crippen LogP contribution in [0, 0.1) is 0 Å². The number of carboxylic acid groups (broad SMARTS) is 1. The molecule has 1 aromatic heterocycles. The summed E-state index contributed by atoms with van der Waals surface area (Å²) >= 11 is 0. The van der Waals surface area contributed by atoms with E-state index >= 15 is 0 Å². The Labute approximate surface area is 170 Å². The lowest BCUT2D eigenvalue weighted by atomic mass is 9.92. The van der Waals surface area contributed by atoms with Gasteiger partial charge in [0.2, 0.25) is 0 Å². The number of carbonyl (C=O) groups excluding carboxylic acids is 1. The van der Waals surface area contributed by atoms with Crippen molar-refractivity contribution in [2.45, 2.75) is 6.10 Å². The first-order chi connectivity index (χ1) is 14.6. The molecule has 5 aromatic rings. The van der Waals surface area contributed by atoms with Crippen molar-refractivity contribution in [2.75, 3.05) is 0 Å². The van der Waals surface area contributed by atoms with E-state index in [1.807, 2.05) is 30.5 Å². The van der Waals surface area contributed by atoms with Crippen molar-refractivity contribution >= 4 is 44.4 Å². The average Bonchev–Trinajstić information content (AvgIpc) is 3.36. The third-order valence-corrected chi connectivity index (χ3v) is 5.91. The maximum Gasteiger partial charge on any atom is 0.340 e. The summed E-state index contributed by atoms with van der Waals surface area (Å²) in [6.45, 7) is 0. The van der Waals surface area contributed by atoms with Gasteiger partial charge in [-0.15, -0.1) is 0 Å². The first-order valence-corrected chi connectivity index (χ1v) is 9.63. The molecular formula is C25H15NO4. The second-order valence-corrected chi connectivity index (χ2v) is 7.45. The Morgan fingerprint density at radius 1 is 0.833 bits per heavy atom. The number of nitrogens with one attached hydrogen (secondary N) is 1. The minimum Gasteiger partial charge on any atom is -0.478 e. The van der Waals surface area contributed by atoms with Crippen LogP contribution in [-0.2, 0) is 4.74 Å². The zero-order valence-corrected chi connectivity index (χ0v) is 15.7. The van der Waals surface area contributed by atoms with Crippen molar-refractivity contribution < 1.29 is 19.4 Å². The molecule has 4 aromatic carbocycles. The van der Waals surface area contributed by atoms with Crippen LogP contribution in [0.5, 0.6) is 0 Å². The second-order valence-electron chi connectivity index (χ2n) is 7.45. The van der Waals surface area contributed by atoms with Gasteiger partial charge in [-0.05, 0) is 22.2 Å². The number of carbonyl (C=O) groups is 2. The number of aromatic carboxylic acids is 1. The van der Waals surface area contributed by atoms with Gasteiger partial charge in [0.15, 0.2) is 6.10 Å². The molecule has 0 aliphatic carbocycles. The molecule has 5 heteroatoms. The maximum atomic E-state index is 12.6. The van der Waals surface area contributed by atoms with E-state index in [4.69, 9.17) is 4.74 Å². The van der Waals surface area contributed by atoms with E-state index in [1.165, 1.54) is 6.07 Å². The summed E-state index contributed by atoms with van der Waals surface area (Å²) in [6, 6.07) is 21.2. The number of carboxylic acids is 1. The molecule has 1 aliphatic heterocycles. The van der Waals surface area contributed by atoms with Crippen molar-refractivity contribution in [1.82, 2.24) is 4.98 Å². The molecule has 5 nitrogen and oxygen atoms in total. The predicted molar refractivity (Wildman–Crippen MR) is 114 cm³/mol. The SMILES string of the molecule is O=C(O)c1cccc2c1C(=O)OC2c1c[nH]c2c3ccccc3c3ccccc3c12. The Morgan fingerprint density at radius 3 is 2.23 bits per heavy atom. The lowest BCUT2D eigenvalue weighted by molar-refractivity contribution is 0.0452. The Kier molecular flexibility index (Phi) is 3.33. The highest BCUT2D eigenvalue weighted by Gasteiger charge is 2.37. The van der Waals surface area contributed by atoms with Crippen molar-refractivity contribution in [1.29, 1.82) is 0 Å². The van der Waals surface area contributed by atoms with Crippen molar-refractivity contribution in [3.8, 4) is 0 Å². The Hall–Kier alpha value is -4.12. The highest BCUT2D eigenvalue weighted by molar-refractivity contribution is 6.25. The molecule has 6 rings (SSSR count). The molecule has 0 fully saturated rings. The molecule has 1 unspecified atom stereocenters. The Bertz CT molecular complexity index is 1530. The average molecular weight is 393 g/mol. The van der Waals surface area contributed by atoms with Crippen LogP contribution in [0.2, 0.25) is 0 Å². The molecule has 1 atom stereocenters. The van der Waals surface area contributed by atoms with Gasteiger partial charge >= 0.3 is 11.9 Å². The first kappa shape index (κ1) is 16.8. The van der Waals surface area contributed by atoms with Gasteiger partial charge in [-0.3, -0.25) is 0 Å². The number of H-pyrrole nitrogens is 1. The second kappa shape index (κ2) is 5.94. The van der Waals surface area contributed by atoms with Crippen molar-refractivity contribution in [3.05, 3.63) is 95.2 Å². The molecule has 0 spiro atoms. The molecule has 0 radical (unpaired) electrons. The van der Waals surface area contributed by atoms with Crippen LogP contribution in [0.25, 0.3) is 32.4 Å². The molecule has 0 saturated carbocycles. The van der Waals surface area contributed by atoms with Crippen LogP contribution in [-0.4, -0.2) is 22.0 Å². The fraction of sp³-hybridized carbons (Fsp3) is 0.0400. The quantitative estimate of drug-likeness (QED) is 0.309. The van der Waals surface area contributed by atoms with Gasteiger partial charge in [0.1, 0.15) is 0 Å². The van der Waals surface area contributed by atoms with Gasteiger partial charge in [-0.1, -0.05) is 60.7 Å². The molecule has 2 N–H and O–H groups in total. The number of aromatic nitrogens is 1. The fourth-order valence-electron chi connectivity index (χ4n) is 4.68. The maximum absolute atomic E-state index is 12.6. The largest absolute Gasteiger partial charge is 0.478 e. The van der Waals surface area contributed by atoms with Crippen molar-refractivity contribution in [3.63, 3.8) is 0 Å². The van der Waals surface area contributed by atoms with E-state index in [0.717, 1.165) is 38.0 Å². The number of aromatic amines is 1. The molecule has 30 heavy (non-hydrogen) atoms. The summed E-state index contributed by atoms with van der Waals surface area (Å²) in [5, 5.41) is 14.9. The number of cyclic esters (lactones) is 1. The number of fused-ring (bicyclic) bond motifs is 7. The first-order valence-electron chi connectivity index (χ1n) is 9.63. The number of esters is 1. The number of ether oxygens (including phenoxy) is 1. The van der Waals surface area contributed by atoms with Crippen LogP contribution in [0.1, 0.15) is 37.9 Å². The van der Waals surface area contributed by atoms with Gasteiger partial charge in [0, 0.05) is 28.1 Å². The van der Waals surface area contributed by atoms with Crippen molar-refractivity contribution in [2.24, 2.45) is 0 Å². The smallest absolute Gasteiger partial charge is 0.340 e. The number of benzene rings is 4. The van der Waals surface area contributed by atoms with Gasteiger partial charge < -0.3 is 14.8 Å². The summed E-state index contributed by atoms with van der Waals surface area (Å²) < 4.78 is 5.71. The topological polar surface area (TPSA) is 79.4 Å². The number of rotatable bonds is 2. The van der Waals surface area contributed by atoms with Crippen LogP contribution >= 0.6 is 0 Å². The standard InChI is InChI=1S/C25H15NO4/c27-24(28)18-11-5-10-17-21(18)25(29)30-23(17)19-12-26-22-16-9-4-2-7-14(16)13-6-1-3-8-15(13)20(19)22/h1-12,23,26H,(H,27,28). The van der Waals surface area contributed by atoms with E-state index < -0.39 is 18.0 Å². The third kappa shape index (κ3) is 2.12. The van der Waals surface area contributed by atoms with E-state index in [2.05, 4.69) is 29.2 Å². The summed E-state index contributed by atoms with van der Waals surface area (Å²) in [7, 11) is 0. The van der Waals surface area contributed by atoms with Crippen LogP contribution in [0.15, 0.2) is 72.9 Å². The highest BCUT2D eigenvalue weighted by Crippen LogP contribution is 2.44. The summed E-state index contributed by atoms with van der Waals surface area (Å²) in [5.41, 5.74) is 2.47. The molecule has 0 bridgehead atoms. The number of hydrogen-bond donors (Lipinski definition) is 2. The van der Waals surface area contributed by atoms with E-state index in [1.54, 1.807) is 12.1 Å². The molecule has 0 saturated heterocycles. The number of hydrogen-bond acceptors (Lipinski definition) is 3. The molecular weight excluding hydrogens is 378 g/mol. The molecule has 144 valence electrons. The van der Waals surface area contributed by atoms with Crippen LogP contribution in [0.3, 0.4) is 0 Å². The van der Waals surface area contributed by atoms with Gasteiger partial charge in [0.05, 0.1) is 16.6 Å². The van der Waals surface area contributed by atoms with Gasteiger partial charge in [-0.2, -0.15) is 0 Å². The molecule has 0 amide bonds. The Morgan fingerprint density at radius 2 is 1.50 bits per heavy atom. The Balaban J connectivity index is 1.70.